The smallest absolute Gasteiger partial charge is 0.335 e. The van der Waals surface area contributed by atoms with Crippen molar-refractivity contribution in [3.8, 4) is 0 Å². The Bertz CT molecular complexity index is 983. The zero-order chi connectivity index (χ0) is 18.8. The van der Waals surface area contributed by atoms with E-state index in [-0.39, 0.29) is 16.7 Å². The van der Waals surface area contributed by atoms with Gasteiger partial charge in [0.05, 0.1) is 29.3 Å². The number of carboxylic acids is 1. The molecule has 1 atom stereocenters. The number of rotatable bonds is 4. The number of fused-ring (bicyclic) bond motifs is 1. The van der Waals surface area contributed by atoms with E-state index >= 15 is 0 Å². The predicted octanol–water partition coefficient (Wildman–Crippen LogP) is 3.40. The van der Waals surface area contributed by atoms with Gasteiger partial charge in [-0.25, -0.2) is 9.48 Å². The second-order valence-corrected chi connectivity index (χ2v) is 7.35. The van der Waals surface area contributed by atoms with Crippen molar-refractivity contribution in [2.24, 2.45) is 0 Å². The molecule has 0 radical (unpaired) electrons. The van der Waals surface area contributed by atoms with Crippen molar-refractivity contribution in [1.82, 2.24) is 9.78 Å². The Balaban J connectivity index is 1.70. The Morgan fingerprint density at radius 2 is 1.93 bits per heavy atom. The average molecular weight is 379 g/mol. The van der Waals surface area contributed by atoms with Crippen LogP contribution in [0.2, 0.25) is 0 Å². The minimum absolute atomic E-state index is 0.0688. The van der Waals surface area contributed by atoms with Crippen LogP contribution in [-0.2, 0) is 11.3 Å². The van der Waals surface area contributed by atoms with Crippen molar-refractivity contribution in [2.75, 3.05) is 11.1 Å². The second kappa shape index (κ2) is 7.28. The molecule has 2 heterocycles. The highest BCUT2D eigenvalue weighted by atomic mass is 32.2. The lowest BCUT2D eigenvalue weighted by Crippen LogP contribution is -2.16. The standard InChI is InChI=1S/C20H17N3O3S/c24-17-12-27-18(14-6-8-15(9-7-14)20(25)26)16-10-21-23(19(16)22-17)11-13-4-2-1-3-5-13/h1-10,18H,11-12H2,(H,22,24)(H,25,26)/t18-/m0/s1. The summed E-state index contributed by atoms with van der Waals surface area (Å²) < 4.78 is 1.80. The number of aromatic nitrogens is 2. The number of nitrogens with zero attached hydrogens (tertiary/aromatic N) is 2. The summed E-state index contributed by atoms with van der Waals surface area (Å²) in [5.41, 5.74) is 3.20. The Labute approximate surface area is 160 Å². The number of nitrogens with one attached hydrogen (secondary N) is 1. The molecule has 2 N–H and O–H groups in total. The van der Waals surface area contributed by atoms with Crippen LogP contribution >= 0.6 is 11.8 Å². The highest BCUT2D eigenvalue weighted by Crippen LogP contribution is 2.41. The van der Waals surface area contributed by atoms with Gasteiger partial charge in [0.25, 0.3) is 0 Å². The van der Waals surface area contributed by atoms with E-state index in [0.717, 1.165) is 16.7 Å². The van der Waals surface area contributed by atoms with E-state index in [2.05, 4.69) is 10.4 Å². The van der Waals surface area contributed by atoms with Gasteiger partial charge in [0.15, 0.2) is 0 Å². The normalized spacial score (nSPS) is 16.3. The molecule has 1 amide bonds. The first-order chi connectivity index (χ1) is 13.1. The van der Waals surface area contributed by atoms with E-state index in [1.807, 2.05) is 30.3 Å². The van der Waals surface area contributed by atoms with Gasteiger partial charge in [-0.1, -0.05) is 42.5 Å². The number of carbonyl (C=O) groups is 2. The molecule has 1 aromatic heterocycles. The van der Waals surface area contributed by atoms with Crippen molar-refractivity contribution < 1.29 is 14.7 Å². The minimum atomic E-state index is -0.955. The predicted molar refractivity (Wildman–Crippen MR) is 104 cm³/mol. The molecule has 7 heteroatoms. The largest absolute Gasteiger partial charge is 0.478 e. The topological polar surface area (TPSA) is 84.2 Å². The molecule has 0 bridgehead atoms. The maximum atomic E-state index is 12.2. The van der Waals surface area contributed by atoms with E-state index in [9.17, 15) is 9.59 Å². The third kappa shape index (κ3) is 3.59. The van der Waals surface area contributed by atoms with Gasteiger partial charge in [0, 0.05) is 5.56 Å². The Kier molecular flexibility index (Phi) is 4.68. The summed E-state index contributed by atoms with van der Waals surface area (Å²) >= 11 is 1.51. The molecule has 2 aromatic carbocycles. The molecule has 0 saturated carbocycles. The van der Waals surface area contributed by atoms with Crippen molar-refractivity contribution in [2.45, 2.75) is 11.8 Å². The average Bonchev–Trinajstić information content (AvgIpc) is 2.96. The molecular formula is C20H17N3O3S. The summed E-state index contributed by atoms with van der Waals surface area (Å²) in [5.74, 6) is -0.00378. The SMILES string of the molecule is O=C1CS[C@@H](c2ccc(C(=O)O)cc2)c2cnn(Cc3ccccc3)c2N1. The van der Waals surface area contributed by atoms with Crippen LogP contribution in [0.15, 0.2) is 60.8 Å². The fourth-order valence-corrected chi connectivity index (χ4v) is 4.19. The van der Waals surface area contributed by atoms with Crippen LogP contribution in [0.25, 0.3) is 0 Å². The quantitative estimate of drug-likeness (QED) is 0.726. The van der Waals surface area contributed by atoms with Crippen molar-refractivity contribution in [1.29, 1.82) is 0 Å². The van der Waals surface area contributed by atoms with E-state index in [0.29, 0.717) is 18.1 Å². The zero-order valence-corrected chi connectivity index (χ0v) is 15.1. The summed E-state index contributed by atoms with van der Waals surface area (Å²) in [6, 6.07) is 16.7. The van der Waals surface area contributed by atoms with Crippen molar-refractivity contribution in [3.05, 3.63) is 83.0 Å². The fraction of sp³-hybridized carbons (Fsp3) is 0.150. The first-order valence-electron chi connectivity index (χ1n) is 8.46. The van der Waals surface area contributed by atoms with Crippen LogP contribution in [0.1, 0.15) is 32.3 Å². The van der Waals surface area contributed by atoms with Gasteiger partial charge >= 0.3 is 5.97 Å². The molecule has 3 aromatic rings. The van der Waals surface area contributed by atoms with Crippen LogP contribution in [-0.4, -0.2) is 32.5 Å². The van der Waals surface area contributed by atoms with Crippen LogP contribution < -0.4 is 5.32 Å². The van der Waals surface area contributed by atoms with Gasteiger partial charge in [0.1, 0.15) is 5.82 Å². The molecule has 4 rings (SSSR count). The fourth-order valence-electron chi connectivity index (χ4n) is 3.10. The Hall–Kier alpha value is -3.06. The number of carboxylic acid groups (broad SMARTS) is 1. The number of hydrogen-bond acceptors (Lipinski definition) is 4. The third-order valence-electron chi connectivity index (χ3n) is 4.42. The molecule has 1 aliphatic rings. The molecule has 0 unspecified atom stereocenters. The van der Waals surface area contributed by atoms with E-state index in [1.54, 1.807) is 35.1 Å². The third-order valence-corrected chi connectivity index (χ3v) is 5.71. The zero-order valence-electron chi connectivity index (χ0n) is 14.3. The summed E-state index contributed by atoms with van der Waals surface area (Å²) in [4.78, 5) is 23.3. The first kappa shape index (κ1) is 17.4. The number of anilines is 1. The van der Waals surface area contributed by atoms with Gasteiger partial charge in [-0.2, -0.15) is 5.10 Å². The monoisotopic (exact) mass is 379 g/mol. The molecule has 0 fully saturated rings. The number of thioether (sulfide) groups is 1. The van der Waals surface area contributed by atoms with Gasteiger partial charge in [-0.05, 0) is 23.3 Å². The first-order valence-corrected chi connectivity index (χ1v) is 9.51. The molecular weight excluding hydrogens is 362 g/mol. The van der Waals surface area contributed by atoms with E-state index in [1.165, 1.54) is 11.8 Å². The molecule has 6 nitrogen and oxygen atoms in total. The molecule has 27 heavy (non-hydrogen) atoms. The summed E-state index contributed by atoms with van der Waals surface area (Å²) in [5, 5.41) is 16.5. The lowest BCUT2D eigenvalue weighted by Gasteiger charge is -2.14. The van der Waals surface area contributed by atoms with E-state index in [4.69, 9.17) is 5.11 Å². The molecule has 0 spiro atoms. The highest BCUT2D eigenvalue weighted by Gasteiger charge is 2.27. The van der Waals surface area contributed by atoms with Crippen LogP contribution in [0, 0.1) is 0 Å². The number of hydrogen-bond donors (Lipinski definition) is 2. The van der Waals surface area contributed by atoms with Gasteiger partial charge in [-0.15, -0.1) is 11.8 Å². The molecule has 0 aliphatic carbocycles. The van der Waals surface area contributed by atoms with Crippen LogP contribution in [0.3, 0.4) is 0 Å². The van der Waals surface area contributed by atoms with E-state index < -0.39 is 5.97 Å². The molecule has 0 saturated heterocycles. The number of benzene rings is 2. The number of amides is 1. The van der Waals surface area contributed by atoms with Crippen LogP contribution in [0.4, 0.5) is 5.82 Å². The van der Waals surface area contributed by atoms with Gasteiger partial charge < -0.3 is 10.4 Å². The summed E-state index contributed by atoms with van der Waals surface area (Å²) in [6.45, 7) is 0.561. The summed E-state index contributed by atoms with van der Waals surface area (Å²) in [6.07, 6.45) is 1.78. The highest BCUT2D eigenvalue weighted by molar-refractivity contribution is 8.00. The van der Waals surface area contributed by atoms with Crippen molar-refractivity contribution in [3.63, 3.8) is 0 Å². The Morgan fingerprint density at radius 1 is 1.19 bits per heavy atom. The second-order valence-electron chi connectivity index (χ2n) is 6.26. The molecule has 1 aliphatic heterocycles. The lowest BCUT2D eigenvalue weighted by molar-refractivity contribution is -0.113. The minimum Gasteiger partial charge on any atom is -0.478 e. The summed E-state index contributed by atoms with van der Waals surface area (Å²) in [7, 11) is 0. The number of aromatic carboxylic acids is 1. The molecule has 136 valence electrons. The maximum absolute atomic E-state index is 12.2. The van der Waals surface area contributed by atoms with Gasteiger partial charge in [-0.3, -0.25) is 4.79 Å². The number of carbonyl (C=O) groups excluding carboxylic acids is 1. The van der Waals surface area contributed by atoms with Gasteiger partial charge in [0.2, 0.25) is 5.91 Å². The maximum Gasteiger partial charge on any atom is 0.335 e. The van der Waals surface area contributed by atoms with Crippen LogP contribution in [0.5, 0.6) is 0 Å². The lowest BCUT2D eigenvalue weighted by atomic mass is 10.0. The van der Waals surface area contributed by atoms with Crippen molar-refractivity contribution >= 4 is 29.5 Å². The Morgan fingerprint density at radius 3 is 2.63 bits per heavy atom.